The lowest BCUT2D eigenvalue weighted by Crippen LogP contribution is -2.46. The molecule has 1 atom stereocenters. The van der Waals surface area contributed by atoms with Crippen molar-refractivity contribution in [2.45, 2.75) is 18.9 Å². The van der Waals surface area contributed by atoms with Crippen LogP contribution in [-0.2, 0) is 14.3 Å². The standard InChI is InChI=1S/C11H19NO3/c1-12-4-7-15-10(8-12)11(13)9-2-5-14-6-3-9/h9-10H,2-8H2,1H3. The Morgan fingerprint density at radius 2 is 2.00 bits per heavy atom. The van der Waals surface area contributed by atoms with Crippen LogP contribution in [-0.4, -0.2) is 56.7 Å². The van der Waals surface area contributed by atoms with Gasteiger partial charge in [-0.05, 0) is 19.9 Å². The number of carbonyl (C=O) groups excluding carboxylic acids is 1. The maximum Gasteiger partial charge on any atom is 0.166 e. The monoisotopic (exact) mass is 213 g/mol. The first-order chi connectivity index (χ1) is 7.27. The van der Waals surface area contributed by atoms with Crippen molar-refractivity contribution in [3.05, 3.63) is 0 Å². The number of ether oxygens (including phenoxy) is 2. The van der Waals surface area contributed by atoms with Crippen LogP contribution in [0.15, 0.2) is 0 Å². The lowest BCUT2D eigenvalue weighted by atomic mass is 9.91. The summed E-state index contributed by atoms with van der Waals surface area (Å²) in [7, 11) is 2.03. The van der Waals surface area contributed by atoms with E-state index in [4.69, 9.17) is 9.47 Å². The summed E-state index contributed by atoms with van der Waals surface area (Å²) in [6, 6.07) is 0. The molecule has 2 heterocycles. The summed E-state index contributed by atoms with van der Waals surface area (Å²) in [4.78, 5) is 14.2. The average molecular weight is 213 g/mol. The Morgan fingerprint density at radius 1 is 1.27 bits per heavy atom. The first kappa shape index (κ1) is 11.0. The number of Topliss-reactive ketones (excluding diaryl/α,β-unsaturated/α-hetero) is 1. The highest BCUT2D eigenvalue weighted by Gasteiger charge is 2.31. The molecule has 0 N–H and O–H groups in total. The molecule has 2 fully saturated rings. The van der Waals surface area contributed by atoms with Crippen LogP contribution in [0.5, 0.6) is 0 Å². The predicted molar refractivity (Wildman–Crippen MR) is 55.8 cm³/mol. The fourth-order valence-electron chi connectivity index (χ4n) is 2.19. The Kier molecular flexibility index (Phi) is 3.72. The maximum absolute atomic E-state index is 12.1. The quantitative estimate of drug-likeness (QED) is 0.662. The van der Waals surface area contributed by atoms with Crippen molar-refractivity contribution in [1.29, 1.82) is 0 Å². The van der Waals surface area contributed by atoms with E-state index in [-0.39, 0.29) is 17.8 Å². The van der Waals surface area contributed by atoms with Gasteiger partial charge in [-0.2, -0.15) is 0 Å². The van der Waals surface area contributed by atoms with Crippen molar-refractivity contribution in [1.82, 2.24) is 4.90 Å². The van der Waals surface area contributed by atoms with E-state index < -0.39 is 0 Å². The Balaban J connectivity index is 1.88. The van der Waals surface area contributed by atoms with Crippen LogP contribution < -0.4 is 0 Å². The van der Waals surface area contributed by atoms with Crippen LogP contribution in [0.4, 0.5) is 0 Å². The zero-order chi connectivity index (χ0) is 10.7. The highest BCUT2D eigenvalue weighted by Crippen LogP contribution is 2.19. The normalized spacial score (nSPS) is 30.3. The fraction of sp³-hybridized carbons (Fsp3) is 0.909. The number of carbonyl (C=O) groups is 1. The summed E-state index contributed by atoms with van der Waals surface area (Å²) in [5, 5.41) is 0. The Morgan fingerprint density at radius 3 is 2.67 bits per heavy atom. The molecule has 0 amide bonds. The first-order valence-corrected chi connectivity index (χ1v) is 5.69. The molecule has 0 bridgehead atoms. The minimum Gasteiger partial charge on any atom is -0.381 e. The number of hydrogen-bond donors (Lipinski definition) is 0. The van der Waals surface area contributed by atoms with Crippen LogP contribution in [0.25, 0.3) is 0 Å². The number of hydrogen-bond acceptors (Lipinski definition) is 4. The Bertz CT molecular complexity index is 226. The average Bonchev–Trinajstić information content (AvgIpc) is 2.29. The minimum atomic E-state index is -0.202. The molecular formula is C11H19NO3. The van der Waals surface area contributed by atoms with Crippen molar-refractivity contribution in [2.75, 3.05) is 40.0 Å². The van der Waals surface area contributed by atoms with E-state index in [1.807, 2.05) is 7.05 Å². The van der Waals surface area contributed by atoms with E-state index in [0.717, 1.165) is 39.1 Å². The minimum absolute atomic E-state index is 0.162. The van der Waals surface area contributed by atoms with Gasteiger partial charge in [0.25, 0.3) is 0 Å². The molecular weight excluding hydrogens is 194 g/mol. The van der Waals surface area contributed by atoms with Gasteiger partial charge >= 0.3 is 0 Å². The molecule has 15 heavy (non-hydrogen) atoms. The second-order valence-electron chi connectivity index (χ2n) is 4.41. The van der Waals surface area contributed by atoms with Crippen molar-refractivity contribution in [2.24, 2.45) is 5.92 Å². The van der Waals surface area contributed by atoms with E-state index in [1.165, 1.54) is 0 Å². The number of likely N-dealkylation sites (N-methyl/N-ethyl adjacent to an activating group) is 1. The molecule has 0 saturated carbocycles. The SMILES string of the molecule is CN1CCOC(C(=O)C2CCOCC2)C1. The second kappa shape index (κ2) is 5.05. The lowest BCUT2D eigenvalue weighted by Gasteiger charge is -2.32. The molecule has 2 aliphatic heterocycles. The molecule has 2 aliphatic rings. The second-order valence-corrected chi connectivity index (χ2v) is 4.41. The van der Waals surface area contributed by atoms with Crippen LogP contribution >= 0.6 is 0 Å². The molecule has 0 aromatic carbocycles. The molecule has 0 radical (unpaired) electrons. The van der Waals surface area contributed by atoms with Gasteiger partial charge in [0.15, 0.2) is 5.78 Å². The van der Waals surface area contributed by atoms with Gasteiger partial charge in [0.2, 0.25) is 0 Å². The first-order valence-electron chi connectivity index (χ1n) is 5.69. The van der Waals surface area contributed by atoms with Crippen molar-refractivity contribution in [3.8, 4) is 0 Å². The van der Waals surface area contributed by atoms with Gasteiger partial charge in [-0.3, -0.25) is 4.79 Å². The molecule has 4 nitrogen and oxygen atoms in total. The van der Waals surface area contributed by atoms with E-state index >= 15 is 0 Å². The van der Waals surface area contributed by atoms with Crippen LogP contribution in [0.1, 0.15) is 12.8 Å². The zero-order valence-corrected chi connectivity index (χ0v) is 9.28. The van der Waals surface area contributed by atoms with Gasteiger partial charge in [0.1, 0.15) is 6.10 Å². The third-order valence-electron chi connectivity index (χ3n) is 3.21. The molecule has 1 unspecified atom stereocenters. The van der Waals surface area contributed by atoms with Crippen LogP contribution in [0.2, 0.25) is 0 Å². The largest absolute Gasteiger partial charge is 0.381 e. The molecule has 0 spiro atoms. The maximum atomic E-state index is 12.1. The third kappa shape index (κ3) is 2.77. The number of nitrogens with zero attached hydrogens (tertiary/aromatic N) is 1. The highest BCUT2D eigenvalue weighted by atomic mass is 16.5. The highest BCUT2D eigenvalue weighted by molar-refractivity contribution is 5.85. The smallest absolute Gasteiger partial charge is 0.166 e. The molecule has 0 aromatic heterocycles. The van der Waals surface area contributed by atoms with E-state index in [0.29, 0.717) is 6.61 Å². The predicted octanol–water partition coefficient (Wildman–Crippen LogP) is 0.313. The summed E-state index contributed by atoms with van der Waals surface area (Å²) in [6.07, 6.45) is 1.53. The number of morpholine rings is 1. The van der Waals surface area contributed by atoms with Crippen LogP contribution in [0, 0.1) is 5.92 Å². The summed E-state index contributed by atoms with van der Waals surface area (Å²) in [5.41, 5.74) is 0. The van der Waals surface area contributed by atoms with Crippen molar-refractivity contribution < 1.29 is 14.3 Å². The molecule has 2 saturated heterocycles. The van der Waals surface area contributed by atoms with Gasteiger partial charge in [0, 0.05) is 32.2 Å². The molecule has 0 aliphatic carbocycles. The topological polar surface area (TPSA) is 38.8 Å². The van der Waals surface area contributed by atoms with Crippen molar-refractivity contribution >= 4 is 5.78 Å². The lowest BCUT2D eigenvalue weighted by molar-refractivity contribution is -0.142. The summed E-state index contributed by atoms with van der Waals surface area (Å²) in [6.45, 7) is 3.79. The van der Waals surface area contributed by atoms with Gasteiger partial charge in [0.05, 0.1) is 6.61 Å². The summed E-state index contributed by atoms with van der Waals surface area (Å²) >= 11 is 0. The zero-order valence-electron chi connectivity index (χ0n) is 9.28. The Hall–Kier alpha value is -0.450. The van der Waals surface area contributed by atoms with E-state index in [1.54, 1.807) is 0 Å². The number of rotatable bonds is 2. The van der Waals surface area contributed by atoms with E-state index in [9.17, 15) is 4.79 Å². The molecule has 86 valence electrons. The van der Waals surface area contributed by atoms with Gasteiger partial charge < -0.3 is 14.4 Å². The van der Waals surface area contributed by atoms with Gasteiger partial charge in [-0.1, -0.05) is 0 Å². The van der Waals surface area contributed by atoms with Crippen molar-refractivity contribution in [3.63, 3.8) is 0 Å². The van der Waals surface area contributed by atoms with Crippen LogP contribution in [0.3, 0.4) is 0 Å². The summed E-state index contributed by atoms with van der Waals surface area (Å²) in [5.74, 6) is 0.445. The molecule has 2 rings (SSSR count). The third-order valence-corrected chi connectivity index (χ3v) is 3.21. The molecule has 4 heteroatoms. The fourth-order valence-corrected chi connectivity index (χ4v) is 2.19. The van der Waals surface area contributed by atoms with Gasteiger partial charge in [-0.25, -0.2) is 0 Å². The number of ketones is 1. The Labute approximate surface area is 90.5 Å². The van der Waals surface area contributed by atoms with Gasteiger partial charge in [-0.15, -0.1) is 0 Å². The molecule has 0 aromatic rings. The summed E-state index contributed by atoms with van der Waals surface area (Å²) < 4.78 is 10.8. The van der Waals surface area contributed by atoms with E-state index in [2.05, 4.69) is 4.90 Å².